The van der Waals surface area contributed by atoms with Gasteiger partial charge in [-0.1, -0.05) is 41.4 Å². The number of halogens is 5. The fourth-order valence-electron chi connectivity index (χ4n) is 2.96. The van der Waals surface area contributed by atoms with Crippen molar-refractivity contribution in [2.75, 3.05) is 9.44 Å². The van der Waals surface area contributed by atoms with Crippen molar-refractivity contribution in [2.24, 2.45) is 0 Å². The van der Waals surface area contributed by atoms with Crippen molar-refractivity contribution >= 4 is 66.6 Å². The molecule has 0 saturated heterocycles. The number of hydrogen-bond donors (Lipinski definition) is 2. The Labute approximate surface area is 204 Å². The number of anilines is 2. The number of rotatable bonds is 6. The van der Waals surface area contributed by atoms with Gasteiger partial charge in [-0.2, -0.15) is 21.6 Å². The number of benzene rings is 3. The van der Waals surface area contributed by atoms with Crippen LogP contribution in [0.15, 0.2) is 81.1 Å². The molecule has 2 N–H and O–H groups in total. The van der Waals surface area contributed by atoms with Crippen LogP contribution in [-0.2, 0) is 27.2 Å². The lowest BCUT2D eigenvalue weighted by Gasteiger charge is -2.15. The van der Waals surface area contributed by atoms with Crippen molar-refractivity contribution < 1.29 is 30.2 Å². The van der Waals surface area contributed by atoms with Crippen molar-refractivity contribution in [3.8, 4) is 0 Å². The van der Waals surface area contributed by atoms with Gasteiger partial charge in [0.1, 0.15) is 5.58 Å². The molecule has 0 radical (unpaired) electrons. The quantitative estimate of drug-likeness (QED) is 0.281. The van der Waals surface area contributed by atoms with Gasteiger partial charge < -0.3 is 4.42 Å². The molecule has 0 amide bonds. The van der Waals surface area contributed by atoms with Crippen LogP contribution < -0.4 is 9.44 Å². The molecule has 0 fully saturated rings. The van der Waals surface area contributed by atoms with E-state index in [1.54, 1.807) is 24.3 Å². The van der Waals surface area contributed by atoms with Gasteiger partial charge in [-0.15, -0.1) is 0 Å². The predicted molar refractivity (Wildman–Crippen MR) is 125 cm³/mol. The third-order valence-corrected chi connectivity index (χ3v) is 7.60. The van der Waals surface area contributed by atoms with E-state index in [9.17, 15) is 25.8 Å². The third-order valence-electron chi connectivity index (χ3n) is 4.56. The van der Waals surface area contributed by atoms with Gasteiger partial charge in [0.2, 0.25) is 5.09 Å². The lowest BCUT2D eigenvalue weighted by molar-refractivity contribution is -0.137. The molecule has 0 spiro atoms. The highest BCUT2D eigenvalue weighted by atomic mass is 35.5. The molecule has 178 valence electrons. The predicted octanol–water partition coefficient (Wildman–Crippen LogP) is 6.69. The topological polar surface area (TPSA) is 88.4 Å². The Balaban J connectivity index is 1.63. The molecule has 13 heteroatoms. The van der Waals surface area contributed by atoms with E-state index in [-0.39, 0.29) is 31.4 Å². The molecule has 1 atom stereocenters. The van der Waals surface area contributed by atoms with Crippen LogP contribution in [0, 0.1) is 0 Å². The standard InChI is InChI=1S/C21H13Cl2F3N2O4S2/c22-14-6-7-16(27-33(29)19-8-5-13(10-15(19)23)21(24,25)26)17(11-14)28-34(30,31)20-9-12-3-1-2-4-18(12)32-20/h1-11,27-28H. The summed E-state index contributed by atoms with van der Waals surface area (Å²) in [6.45, 7) is 0. The lowest BCUT2D eigenvalue weighted by atomic mass is 10.2. The third kappa shape index (κ3) is 5.17. The lowest BCUT2D eigenvalue weighted by Crippen LogP contribution is -2.15. The molecule has 1 aromatic heterocycles. The first-order valence-electron chi connectivity index (χ1n) is 9.30. The summed E-state index contributed by atoms with van der Waals surface area (Å²) in [5.74, 6) is 0. The summed E-state index contributed by atoms with van der Waals surface area (Å²) < 4.78 is 87.5. The van der Waals surface area contributed by atoms with Gasteiger partial charge in [-0.3, -0.25) is 9.44 Å². The Morgan fingerprint density at radius 2 is 1.65 bits per heavy atom. The Kier molecular flexibility index (Phi) is 6.56. The first kappa shape index (κ1) is 24.4. The maximum absolute atomic E-state index is 12.9. The van der Waals surface area contributed by atoms with Crippen LogP contribution in [0.1, 0.15) is 5.56 Å². The Bertz CT molecular complexity index is 1490. The summed E-state index contributed by atoms with van der Waals surface area (Å²) in [4.78, 5) is -0.129. The number of furan rings is 1. The molecule has 0 aliphatic heterocycles. The van der Waals surface area contributed by atoms with Crippen LogP contribution in [0.2, 0.25) is 10.0 Å². The van der Waals surface area contributed by atoms with Gasteiger partial charge in [-0.05, 0) is 42.5 Å². The number of fused-ring (bicyclic) bond motifs is 1. The van der Waals surface area contributed by atoms with Gasteiger partial charge in [0.25, 0.3) is 10.0 Å². The second-order valence-corrected chi connectivity index (χ2v) is 10.6. The summed E-state index contributed by atoms with van der Waals surface area (Å²) in [6.07, 6.45) is -4.62. The molecule has 0 aliphatic carbocycles. The van der Waals surface area contributed by atoms with E-state index < -0.39 is 32.7 Å². The molecular formula is C21H13Cl2F3N2O4S2. The number of hydrogen-bond acceptors (Lipinski definition) is 4. The fraction of sp³-hybridized carbons (Fsp3) is 0.0476. The maximum Gasteiger partial charge on any atom is 0.416 e. The first-order valence-corrected chi connectivity index (χ1v) is 12.7. The largest absolute Gasteiger partial charge is 0.443 e. The molecule has 6 nitrogen and oxygen atoms in total. The first-order chi connectivity index (χ1) is 15.9. The molecule has 1 unspecified atom stereocenters. The Morgan fingerprint density at radius 3 is 2.32 bits per heavy atom. The Hall–Kier alpha value is -2.73. The molecule has 4 aromatic rings. The minimum atomic E-state index is -4.62. The Morgan fingerprint density at radius 1 is 0.912 bits per heavy atom. The van der Waals surface area contributed by atoms with Gasteiger partial charge >= 0.3 is 6.18 Å². The van der Waals surface area contributed by atoms with Crippen molar-refractivity contribution in [1.29, 1.82) is 0 Å². The summed E-state index contributed by atoms with van der Waals surface area (Å²) in [5, 5.41) is 0.0159. The highest BCUT2D eigenvalue weighted by Crippen LogP contribution is 2.35. The van der Waals surface area contributed by atoms with E-state index in [1.165, 1.54) is 24.3 Å². The molecule has 0 bridgehead atoms. The second-order valence-electron chi connectivity index (χ2n) is 6.91. The van der Waals surface area contributed by atoms with Crippen molar-refractivity contribution in [3.63, 3.8) is 0 Å². The zero-order chi connectivity index (χ0) is 24.7. The zero-order valence-electron chi connectivity index (χ0n) is 16.7. The van der Waals surface area contributed by atoms with E-state index in [0.717, 1.165) is 12.1 Å². The van der Waals surface area contributed by atoms with E-state index >= 15 is 0 Å². The summed E-state index contributed by atoms with van der Waals surface area (Å²) in [7, 11) is -6.34. The second kappa shape index (κ2) is 9.14. The molecule has 34 heavy (non-hydrogen) atoms. The van der Waals surface area contributed by atoms with E-state index in [0.29, 0.717) is 17.0 Å². The molecule has 0 aliphatic rings. The van der Waals surface area contributed by atoms with Crippen LogP contribution in [0.25, 0.3) is 11.0 Å². The summed E-state index contributed by atoms with van der Waals surface area (Å²) >= 11 is 11.9. The normalized spacial score (nSPS) is 13.1. The molecule has 3 aromatic carbocycles. The average molecular weight is 549 g/mol. The van der Waals surface area contributed by atoms with Crippen molar-refractivity contribution in [3.05, 3.63) is 82.3 Å². The van der Waals surface area contributed by atoms with E-state index in [2.05, 4.69) is 9.44 Å². The van der Waals surface area contributed by atoms with Gasteiger partial charge in [0.05, 0.1) is 26.9 Å². The number of nitrogens with one attached hydrogen (secondary N) is 2. The van der Waals surface area contributed by atoms with Gasteiger partial charge in [0, 0.05) is 16.5 Å². The van der Waals surface area contributed by atoms with Crippen LogP contribution in [0.5, 0.6) is 0 Å². The molecule has 4 rings (SSSR count). The van der Waals surface area contributed by atoms with Crippen LogP contribution in [0.4, 0.5) is 24.5 Å². The van der Waals surface area contributed by atoms with Crippen LogP contribution in [0.3, 0.4) is 0 Å². The molecule has 1 heterocycles. The number of sulfonamides is 1. The molecular weight excluding hydrogens is 536 g/mol. The van der Waals surface area contributed by atoms with Crippen LogP contribution >= 0.6 is 23.2 Å². The zero-order valence-corrected chi connectivity index (χ0v) is 19.8. The van der Waals surface area contributed by atoms with Crippen molar-refractivity contribution in [1.82, 2.24) is 0 Å². The van der Waals surface area contributed by atoms with E-state index in [4.69, 9.17) is 27.6 Å². The minimum absolute atomic E-state index is 0.0402. The highest BCUT2D eigenvalue weighted by molar-refractivity contribution is 7.92. The fourth-order valence-corrected chi connectivity index (χ4v) is 5.48. The number of alkyl halides is 3. The van der Waals surface area contributed by atoms with Gasteiger partial charge in [-0.25, -0.2) is 4.21 Å². The minimum Gasteiger partial charge on any atom is -0.443 e. The monoisotopic (exact) mass is 548 g/mol. The molecule has 0 saturated carbocycles. The summed E-state index contributed by atoms with van der Waals surface area (Å²) in [5.41, 5.74) is -0.655. The highest BCUT2D eigenvalue weighted by Gasteiger charge is 2.31. The van der Waals surface area contributed by atoms with E-state index in [1.807, 2.05) is 0 Å². The van der Waals surface area contributed by atoms with Crippen LogP contribution in [-0.4, -0.2) is 12.6 Å². The number of para-hydroxylation sites is 1. The smallest absolute Gasteiger partial charge is 0.416 e. The SMILES string of the molecule is O=S(Nc1ccc(Cl)cc1NS(=O)(=O)c1cc2ccccc2o1)c1ccc(C(F)(F)F)cc1Cl. The maximum atomic E-state index is 12.9. The van der Waals surface area contributed by atoms with Crippen molar-refractivity contribution in [2.45, 2.75) is 16.2 Å². The summed E-state index contributed by atoms with van der Waals surface area (Å²) in [6, 6.07) is 14.5. The van der Waals surface area contributed by atoms with Gasteiger partial charge in [0.15, 0.2) is 11.0 Å². The average Bonchev–Trinajstić information content (AvgIpc) is 3.20.